The molecule has 1 fully saturated rings. The van der Waals surface area contributed by atoms with Gasteiger partial charge in [-0.05, 0) is 36.6 Å². The van der Waals surface area contributed by atoms with Gasteiger partial charge in [0.1, 0.15) is 10.8 Å². The van der Waals surface area contributed by atoms with Crippen LogP contribution in [0.15, 0.2) is 41.3 Å². The van der Waals surface area contributed by atoms with E-state index in [1.165, 1.54) is 12.3 Å². The number of nitrogens with zero attached hydrogens (tertiary/aromatic N) is 1. The number of aromatic amines is 1. The smallest absolute Gasteiger partial charge is 0.266 e. The molecule has 1 atom stereocenters. The third-order valence-electron chi connectivity index (χ3n) is 4.62. The number of amides is 1. The van der Waals surface area contributed by atoms with Crippen molar-refractivity contribution in [3.8, 4) is 5.75 Å². The number of likely N-dealkylation sites (tertiary alicyclic amines) is 1. The largest absolute Gasteiger partial charge is 0.497 e. The first-order valence-electron chi connectivity index (χ1n) is 8.43. The number of benzene rings is 1. The van der Waals surface area contributed by atoms with Crippen molar-refractivity contribution in [2.24, 2.45) is 0 Å². The van der Waals surface area contributed by atoms with Crippen LogP contribution >= 0.6 is 11.6 Å². The Labute approximate surface area is 151 Å². The first-order valence-corrected chi connectivity index (χ1v) is 8.81. The lowest BCUT2D eigenvalue weighted by Gasteiger charge is -2.30. The molecule has 0 spiro atoms. The van der Waals surface area contributed by atoms with Crippen LogP contribution in [-0.2, 0) is 0 Å². The Bertz CT molecular complexity index is 801. The first kappa shape index (κ1) is 17.5. The maximum absolute atomic E-state index is 13.0. The molecule has 0 radical (unpaired) electrons. The topological polar surface area (TPSA) is 62.4 Å². The van der Waals surface area contributed by atoms with Gasteiger partial charge in [0, 0.05) is 12.7 Å². The molecule has 2 heterocycles. The number of hydrogen-bond donors (Lipinski definition) is 1. The van der Waals surface area contributed by atoms with Gasteiger partial charge in [0.15, 0.2) is 0 Å². The quantitative estimate of drug-likeness (QED) is 0.905. The minimum absolute atomic E-state index is 0.00612. The molecule has 1 saturated heterocycles. The summed E-state index contributed by atoms with van der Waals surface area (Å²) in [7, 11) is 1.64. The molecule has 5 nitrogen and oxygen atoms in total. The SMILES string of the molecule is COc1ccc([C@H]2CCCCCN2C(=O)c2c[nH]c(=O)c(Cl)c2)cc1. The summed E-state index contributed by atoms with van der Waals surface area (Å²) >= 11 is 5.89. The highest BCUT2D eigenvalue weighted by molar-refractivity contribution is 6.30. The Morgan fingerprint density at radius 3 is 2.68 bits per heavy atom. The van der Waals surface area contributed by atoms with Crippen molar-refractivity contribution < 1.29 is 9.53 Å². The van der Waals surface area contributed by atoms with Crippen LogP contribution in [-0.4, -0.2) is 29.4 Å². The number of nitrogens with one attached hydrogen (secondary N) is 1. The summed E-state index contributed by atoms with van der Waals surface area (Å²) in [4.78, 5) is 28.9. The summed E-state index contributed by atoms with van der Waals surface area (Å²) in [5.41, 5.74) is 1.11. The number of ether oxygens (including phenoxy) is 1. The highest BCUT2D eigenvalue weighted by Crippen LogP contribution is 2.32. The molecular weight excluding hydrogens is 340 g/mol. The number of H-pyrrole nitrogens is 1. The molecular formula is C19H21ClN2O3. The Kier molecular flexibility index (Phi) is 5.43. The molecule has 132 valence electrons. The zero-order chi connectivity index (χ0) is 17.8. The number of halogens is 1. The van der Waals surface area contributed by atoms with Gasteiger partial charge in [-0.2, -0.15) is 0 Å². The number of carbonyl (C=O) groups is 1. The predicted octanol–water partition coefficient (Wildman–Crippen LogP) is 3.79. The van der Waals surface area contributed by atoms with E-state index >= 15 is 0 Å². The standard InChI is InChI=1S/C19H21ClN2O3/c1-25-15-8-6-13(7-9-15)17-5-3-2-4-10-22(17)19(24)14-11-16(20)18(23)21-12-14/h6-9,11-12,17H,2-5,10H2,1H3,(H,21,23)/t17-/m1/s1. The van der Waals surface area contributed by atoms with Crippen LogP contribution in [0.3, 0.4) is 0 Å². The third kappa shape index (κ3) is 3.87. The van der Waals surface area contributed by atoms with Crippen LogP contribution < -0.4 is 10.3 Å². The second-order valence-electron chi connectivity index (χ2n) is 6.20. The van der Waals surface area contributed by atoms with E-state index in [1.807, 2.05) is 29.2 Å². The molecule has 6 heteroatoms. The number of carbonyl (C=O) groups excluding carboxylic acids is 1. The maximum Gasteiger partial charge on any atom is 0.266 e. The van der Waals surface area contributed by atoms with Crippen molar-refractivity contribution in [2.75, 3.05) is 13.7 Å². The van der Waals surface area contributed by atoms with Gasteiger partial charge in [0.2, 0.25) is 0 Å². The molecule has 2 aromatic rings. The lowest BCUT2D eigenvalue weighted by molar-refractivity contribution is 0.0680. The monoisotopic (exact) mass is 360 g/mol. The summed E-state index contributed by atoms with van der Waals surface area (Å²) in [5.74, 6) is 0.684. The van der Waals surface area contributed by atoms with Crippen LogP contribution in [0.1, 0.15) is 47.6 Å². The fraction of sp³-hybridized carbons (Fsp3) is 0.368. The summed E-state index contributed by atoms with van der Waals surface area (Å²) in [5, 5.41) is 0.0293. The normalized spacial score (nSPS) is 17.8. The number of methoxy groups -OCH3 is 1. The first-order chi connectivity index (χ1) is 12.1. The van der Waals surface area contributed by atoms with Gasteiger partial charge in [0.05, 0.1) is 18.7 Å². The summed E-state index contributed by atoms with van der Waals surface area (Å²) in [6.45, 7) is 0.687. The van der Waals surface area contributed by atoms with Crippen LogP contribution in [0.25, 0.3) is 0 Å². The van der Waals surface area contributed by atoms with Crippen molar-refractivity contribution in [1.29, 1.82) is 0 Å². The van der Waals surface area contributed by atoms with Crippen molar-refractivity contribution in [2.45, 2.75) is 31.7 Å². The predicted molar refractivity (Wildman–Crippen MR) is 97.3 cm³/mol. The molecule has 0 unspecified atom stereocenters. The van der Waals surface area contributed by atoms with Crippen molar-refractivity contribution in [1.82, 2.24) is 9.88 Å². The van der Waals surface area contributed by atoms with E-state index in [-0.39, 0.29) is 22.5 Å². The van der Waals surface area contributed by atoms with Gasteiger partial charge in [-0.15, -0.1) is 0 Å². The fourth-order valence-corrected chi connectivity index (χ4v) is 3.44. The molecule has 1 amide bonds. The fourth-order valence-electron chi connectivity index (χ4n) is 3.27. The summed E-state index contributed by atoms with van der Waals surface area (Å²) < 4.78 is 5.22. The van der Waals surface area contributed by atoms with Gasteiger partial charge >= 0.3 is 0 Å². The van der Waals surface area contributed by atoms with Crippen LogP contribution in [0.2, 0.25) is 5.02 Å². The number of rotatable bonds is 3. The molecule has 1 aromatic carbocycles. The van der Waals surface area contributed by atoms with Crippen molar-refractivity contribution in [3.63, 3.8) is 0 Å². The number of pyridine rings is 1. The molecule has 0 aliphatic carbocycles. The number of hydrogen-bond acceptors (Lipinski definition) is 3. The average Bonchev–Trinajstić information content (AvgIpc) is 2.89. The maximum atomic E-state index is 13.0. The minimum Gasteiger partial charge on any atom is -0.497 e. The van der Waals surface area contributed by atoms with Gasteiger partial charge in [-0.3, -0.25) is 9.59 Å². The minimum atomic E-state index is -0.388. The lowest BCUT2D eigenvalue weighted by atomic mass is 10.00. The molecule has 1 N–H and O–H groups in total. The van der Waals surface area contributed by atoms with E-state index in [4.69, 9.17) is 16.3 Å². The van der Waals surface area contributed by atoms with Crippen LogP contribution in [0, 0.1) is 0 Å². The Hall–Kier alpha value is -2.27. The van der Waals surface area contributed by atoms with Crippen LogP contribution in [0.5, 0.6) is 5.75 Å². The highest BCUT2D eigenvalue weighted by Gasteiger charge is 2.28. The van der Waals surface area contributed by atoms with E-state index in [9.17, 15) is 9.59 Å². The molecule has 1 aliphatic heterocycles. The van der Waals surface area contributed by atoms with Gasteiger partial charge in [-0.1, -0.05) is 36.6 Å². The zero-order valence-corrected chi connectivity index (χ0v) is 14.9. The number of aromatic nitrogens is 1. The Balaban J connectivity index is 1.92. The van der Waals surface area contributed by atoms with Crippen molar-refractivity contribution >= 4 is 17.5 Å². The highest BCUT2D eigenvalue weighted by atomic mass is 35.5. The van der Waals surface area contributed by atoms with Crippen LogP contribution in [0.4, 0.5) is 0 Å². The van der Waals surface area contributed by atoms with Gasteiger partial charge in [0.25, 0.3) is 11.5 Å². The second-order valence-corrected chi connectivity index (χ2v) is 6.61. The molecule has 1 aromatic heterocycles. The lowest BCUT2D eigenvalue weighted by Crippen LogP contribution is -2.35. The zero-order valence-electron chi connectivity index (χ0n) is 14.1. The van der Waals surface area contributed by atoms with E-state index in [1.54, 1.807) is 7.11 Å². The van der Waals surface area contributed by atoms with Gasteiger partial charge < -0.3 is 14.6 Å². The molecule has 3 rings (SSSR count). The average molecular weight is 361 g/mol. The van der Waals surface area contributed by atoms with Gasteiger partial charge in [-0.25, -0.2) is 0 Å². The van der Waals surface area contributed by atoms with E-state index < -0.39 is 0 Å². The Morgan fingerprint density at radius 1 is 1.24 bits per heavy atom. The van der Waals surface area contributed by atoms with Crippen molar-refractivity contribution in [3.05, 3.63) is 63.0 Å². The van der Waals surface area contributed by atoms with E-state index in [2.05, 4.69) is 4.98 Å². The molecule has 25 heavy (non-hydrogen) atoms. The van der Waals surface area contributed by atoms with E-state index in [0.717, 1.165) is 37.0 Å². The summed E-state index contributed by atoms with van der Waals surface area (Å²) in [6.07, 6.45) is 5.49. The molecule has 0 saturated carbocycles. The second kappa shape index (κ2) is 7.74. The third-order valence-corrected chi connectivity index (χ3v) is 4.90. The molecule has 0 bridgehead atoms. The van der Waals surface area contributed by atoms with E-state index in [0.29, 0.717) is 12.1 Å². The Morgan fingerprint density at radius 2 is 2.00 bits per heavy atom. The molecule has 1 aliphatic rings. The summed E-state index contributed by atoms with van der Waals surface area (Å²) in [6, 6.07) is 9.30.